The van der Waals surface area contributed by atoms with Gasteiger partial charge in [-0.15, -0.1) is 0 Å². The van der Waals surface area contributed by atoms with Gasteiger partial charge in [-0.3, -0.25) is 0 Å². The minimum absolute atomic E-state index is 0.0761. The number of ether oxygens (including phenoxy) is 2. The minimum Gasteiger partial charge on any atom is -0.483 e. The van der Waals surface area contributed by atoms with Crippen LogP contribution in [-0.2, 0) is 19.1 Å². The van der Waals surface area contributed by atoms with Crippen LogP contribution in [0.25, 0.3) is 0 Å². The zero-order chi connectivity index (χ0) is 12.9. The van der Waals surface area contributed by atoms with Gasteiger partial charge in [-0.25, -0.2) is 9.59 Å². The molecule has 96 valence electrons. The van der Waals surface area contributed by atoms with Crippen LogP contribution in [0.5, 0.6) is 0 Å². The molecule has 5 heteroatoms. The number of allylic oxidation sites excluding steroid dienone is 1. The first-order valence-electron chi connectivity index (χ1n) is 5.51. The molecule has 0 spiro atoms. The lowest BCUT2D eigenvalue weighted by Crippen LogP contribution is -2.08. The summed E-state index contributed by atoms with van der Waals surface area (Å²) in [6.45, 7) is 3.60. The Bertz CT molecular complexity index is 279. The molecule has 0 aromatic carbocycles. The number of hydrogen-bond donors (Lipinski definition) is 1. The third kappa shape index (κ3) is 9.35. The Morgan fingerprint density at radius 2 is 1.94 bits per heavy atom. The molecule has 0 saturated carbocycles. The van der Waals surface area contributed by atoms with E-state index >= 15 is 0 Å². The molecule has 0 radical (unpaired) electrons. The number of unbranched alkanes of at least 4 members (excludes halogenated alkanes) is 2. The highest BCUT2D eigenvalue weighted by Gasteiger charge is 2.01. The third-order valence-electron chi connectivity index (χ3n) is 1.95. The largest absolute Gasteiger partial charge is 0.483 e. The van der Waals surface area contributed by atoms with E-state index in [0.717, 1.165) is 18.9 Å². The van der Waals surface area contributed by atoms with Crippen LogP contribution in [0.15, 0.2) is 18.4 Å². The van der Waals surface area contributed by atoms with Crippen LogP contribution in [0.3, 0.4) is 0 Å². The monoisotopic (exact) mass is 242 g/mol. The van der Waals surface area contributed by atoms with Crippen molar-refractivity contribution < 1.29 is 24.2 Å². The van der Waals surface area contributed by atoms with Crippen molar-refractivity contribution in [1.29, 1.82) is 0 Å². The van der Waals surface area contributed by atoms with Crippen molar-refractivity contribution in [2.45, 2.75) is 25.7 Å². The SMILES string of the molecule is C=CC(=O)OCCOC(=C=O)CCCCCO. The molecule has 0 unspecified atom stereocenters. The fourth-order valence-corrected chi connectivity index (χ4v) is 1.09. The average molecular weight is 242 g/mol. The predicted octanol–water partition coefficient (Wildman–Crippen LogP) is 1.00. The molecule has 0 bridgehead atoms. The van der Waals surface area contributed by atoms with E-state index in [0.29, 0.717) is 12.8 Å². The molecular weight excluding hydrogens is 224 g/mol. The number of aliphatic hydroxyl groups is 1. The van der Waals surface area contributed by atoms with Crippen LogP contribution in [0, 0.1) is 0 Å². The van der Waals surface area contributed by atoms with E-state index in [2.05, 4.69) is 11.3 Å². The molecule has 0 fully saturated rings. The molecule has 0 aliphatic carbocycles. The molecule has 0 aliphatic rings. The van der Waals surface area contributed by atoms with Gasteiger partial charge in [-0.05, 0) is 12.8 Å². The fourth-order valence-electron chi connectivity index (χ4n) is 1.09. The maximum atomic E-state index is 10.7. The van der Waals surface area contributed by atoms with Gasteiger partial charge in [-0.1, -0.05) is 13.0 Å². The maximum absolute atomic E-state index is 10.7. The van der Waals surface area contributed by atoms with Crippen molar-refractivity contribution in [3.8, 4) is 0 Å². The van der Waals surface area contributed by atoms with Gasteiger partial charge in [0.1, 0.15) is 13.2 Å². The molecule has 1 N–H and O–H groups in total. The number of esters is 1. The van der Waals surface area contributed by atoms with Crippen LogP contribution in [0.2, 0.25) is 0 Å². The zero-order valence-electron chi connectivity index (χ0n) is 9.81. The molecule has 0 aliphatic heterocycles. The molecule has 0 aromatic rings. The van der Waals surface area contributed by atoms with E-state index < -0.39 is 5.97 Å². The second-order valence-corrected chi connectivity index (χ2v) is 3.28. The molecule has 5 nitrogen and oxygen atoms in total. The third-order valence-corrected chi connectivity index (χ3v) is 1.95. The Hall–Kier alpha value is -1.58. The fraction of sp³-hybridized carbons (Fsp3) is 0.583. The highest BCUT2D eigenvalue weighted by molar-refractivity contribution is 5.81. The summed E-state index contributed by atoms with van der Waals surface area (Å²) in [6, 6.07) is 0. The van der Waals surface area contributed by atoms with Crippen molar-refractivity contribution in [3.63, 3.8) is 0 Å². The smallest absolute Gasteiger partial charge is 0.330 e. The van der Waals surface area contributed by atoms with E-state index in [1.54, 1.807) is 5.94 Å². The topological polar surface area (TPSA) is 72.8 Å². The second kappa shape index (κ2) is 10.9. The minimum atomic E-state index is -0.520. The first-order valence-corrected chi connectivity index (χ1v) is 5.51. The summed E-state index contributed by atoms with van der Waals surface area (Å²) in [5.41, 5.74) is 0. The normalized spacial score (nSPS) is 9.24. The number of carbonyl (C=O) groups excluding carboxylic acids is 2. The van der Waals surface area contributed by atoms with Crippen LogP contribution < -0.4 is 0 Å². The average Bonchev–Trinajstić information content (AvgIpc) is 2.36. The van der Waals surface area contributed by atoms with E-state index in [1.807, 2.05) is 0 Å². The Balaban J connectivity index is 3.59. The highest BCUT2D eigenvalue weighted by atomic mass is 16.6. The summed E-state index contributed by atoms with van der Waals surface area (Å²) in [5, 5.41) is 8.57. The maximum Gasteiger partial charge on any atom is 0.330 e. The summed E-state index contributed by atoms with van der Waals surface area (Å²) < 4.78 is 9.76. The lowest BCUT2D eigenvalue weighted by atomic mass is 10.2. The first-order chi connectivity index (χ1) is 8.24. The van der Waals surface area contributed by atoms with Crippen molar-refractivity contribution in [2.75, 3.05) is 19.8 Å². The van der Waals surface area contributed by atoms with E-state index in [1.165, 1.54) is 0 Å². The summed E-state index contributed by atoms with van der Waals surface area (Å²) in [6.07, 6.45) is 3.85. The molecule has 0 rings (SSSR count). The molecule has 17 heavy (non-hydrogen) atoms. The van der Waals surface area contributed by atoms with Gasteiger partial charge in [0.25, 0.3) is 0 Å². The standard InChI is InChI=1S/C12H18O5/c1-2-12(15)17-9-8-16-11(10-14)6-4-3-5-7-13/h2,13H,1,3-9H2. The Kier molecular flexibility index (Phi) is 9.91. The van der Waals surface area contributed by atoms with Gasteiger partial charge in [-0.2, -0.15) is 0 Å². The van der Waals surface area contributed by atoms with Crippen LogP contribution in [0.1, 0.15) is 25.7 Å². The lowest BCUT2D eigenvalue weighted by molar-refractivity contribution is -0.138. The molecule has 0 atom stereocenters. The Morgan fingerprint density at radius 3 is 2.53 bits per heavy atom. The van der Waals surface area contributed by atoms with Gasteiger partial charge in [0.2, 0.25) is 0 Å². The second-order valence-electron chi connectivity index (χ2n) is 3.28. The molecule has 0 saturated heterocycles. The van der Waals surface area contributed by atoms with Gasteiger partial charge >= 0.3 is 5.97 Å². The van der Waals surface area contributed by atoms with Crippen LogP contribution >= 0.6 is 0 Å². The lowest BCUT2D eigenvalue weighted by Gasteiger charge is -2.06. The van der Waals surface area contributed by atoms with Crippen molar-refractivity contribution >= 4 is 11.9 Å². The molecule has 0 aromatic heterocycles. The van der Waals surface area contributed by atoms with Gasteiger partial charge in [0.15, 0.2) is 11.7 Å². The quantitative estimate of drug-likeness (QED) is 0.203. The van der Waals surface area contributed by atoms with Crippen LogP contribution in [-0.4, -0.2) is 36.8 Å². The Morgan fingerprint density at radius 1 is 1.24 bits per heavy atom. The summed E-state index contributed by atoms with van der Waals surface area (Å²) >= 11 is 0. The number of carbonyl (C=O) groups is 1. The Labute approximate surface area is 101 Å². The van der Waals surface area contributed by atoms with Crippen molar-refractivity contribution in [2.24, 2.45) is 0 Å². The zero-order valence-corrected chi connectivity index (χ0v) is 9.81. The van der Waals surface area contributed by atoms with Crippen LogP contribution in [0.4, 0.5) is 0 Å². The number of hydrogen-bond acceptors (Lipinski definition) is 5. The number of rotatable bonds is 10. The number of aliphatic hydroxyl groups excluding tert-OH is 1. The summed E-state index contributed by atoms with van der Waals surface area (Å²) in [5.74, 6) is 1.40. The van der Waals surface area contributed by atoms with Gasteiger partial charge in [0, 0.05) is 19.1 Å². The van der Waals surface area contributed by atoms with Gasteiger partial charge in [0.05, 0.1) is 0 Å². The highest BCUT2D eigenvalue weighted by Crippen LogP contribution is 2.07. The first kappa shape index (κ1) is 15.4. The molecular formula is C12H18O5. The van der Waals surface area contributed by atoms with Gasteiger partial charge < -0.3 is 14.6 Å². The molecule has 0 amide bonds. The predicted molar refractivity (Wildman–Crippen MR) is 61.9 cm³/mol. The van der Waals surface area contributed by atoms with Crippen molar-refractivity contribution in [3.05, 3.63) is 18.4 Å². The van der Waals surface area contributed by atoms with Crippen molar-refractivity contribution in [1.82, 2.24) is 0 Å². The van der Waals surface area contributed by atoms with E-state index in [-0.39, 0.29) is 25.6 Å². The van der Waals surface area contributed by atoms with E-state index in [9.17, 15) is 9.59 Å². The summed E-state index contributed by atoms with van der Waals surface area (Å²) in [7, 11) is 0. The summed E-state index contributed by atoms with van der Waals surface area (Å²) in [4.78, 5) is 21.2. The van der Waals surface area contributed by atoms with E-state index in [4.69, 9.17) is 9.84 Å². The molecule has 0 heterocycles.